The van der Waals surface area contributed by atoms with E-state index in [2.05, 4.69) is 30.7 Å². The molecule has 0 saturated carbocycles. The van der Waals surface area contributed by atoms with E-state index in [1.54, 1.807) is 5.38 Å². The van der Waals surface area contributed by atoms with Crippen LogP contribution in [0.1, 0.15) is 37.7 Å². The molecule has 1 aromatic heterocycles. The Morgan fingerprint density at radius 2 is 2.31 bits per heavy atom. The normalized spacial score (nSPS) is 12.5. The molecular formula is C11H17ClN2OS. The number of thiazole rings is 1. The fourth-order valence-corrected chi connectivity index (χ4v) is 2.58. The Morgan fingerprint density at radius 3 is 2.81 bits per heavy atom. The Balaban J connectivity index is 2.86. The van der Waals surface area contributed by atoms with Gasteiger partial charge in [0.25, 0.3) is 0 Å². The van der Waals surface area contributed by atoms with Crippen molar-refractivity contribution in [3.63, 3.8) is 0 Å². The van der Waals surface area contributed by atoms with Crippen molar-refractivity contribution >= 4 is 33.9 Å². The fourth-order valence-electron chi connectivity index (χ4n) is 1.45. The SMILES string of the molecule is CCC(C)N(CC)c1nc(C(=O)CCl)cs1. The van der Waals surface area contributed by atoms with E-state index in [1.807, 2.05) is 0 Å². The zero-order chi connectivity index (χ0) is 12.1. The Bertz CT molecular complexity index is 354. The number of anilines is 1. The van der Waals surface area contributed by atoms with Crippen LogP contribution in [0.5, 0.6) is 0 Å². The maximum absolute atomic E-state index is 11.4. The number of ketones is 1. The lowest BCUT2D eigenvalue weighted by Gasteiger charge is -2.26. The molecule has 0 aliphatic rings. The third kappa shape index (κ3) is 2.95. The minimum Gasteiger partial charge on any atom is -0.346 e. The Hall–Kier alpha value is -0.610. The van der Waals surface area contributed by atoms with Crippen LogP contribution in [0.15, 0.2) is 5.38 Å². The third-order valence-electron chi connectivity index (χ3n) is 2.61. The molecule has 0 amide bonds. The Morgan fingerprint density at radius 1 is 1.62 bits per heavy atom. The highest BCUT2D eigenvalue weighted by molar-refractivity contribution is 7.14. The van der Waals surface area contributed by atoms with Gasteiger partial charge in [-0.05, 0) is 20.3 Å². The first-order valence-corrected chi connectivity index (χ1v) is 6.86. The summed E-state index contributed by atoms with van der Waals surface area (Å²) < 4.78 is 0. The second kappa shape index (κ2) is 6.21. The van der Waals surface area contributed by atoms with Crippen molar-refractivity contribution in [1.82, 2.24) is 4.98 Å². The number of aromatic nitrogens is 1. The van der Waals surface area contributed by atoms with Crippen LogP contribution in [0.2, 0.25) is 0 Å². The van der Waals surface area contributed by atoms with Gasteiger partial charge < -0.3 is 4.90 Å². The van der Waals surface area contributed by atoms with Gasteiger partial charge in [-0.15, -0.1) is 22.9 Å². The lowest BCUT2D eigenvalue weighted by molar-refractivity contribution is 0.101. The topological polar surface area (TPSA) is 33.2 Å². The van der Waals surface area contributed by atoms with E-state index >= 15 is 0 Å². The van der Waals surface area contributed by atoms with Gasteiger partial charge in [0.15, 0.2) is 10.9 Å². The summed E-state index contributed by atoms with van der Waals surface area (Å²) in [5, 5.41) is 2.69. The molecule has 1 unspecified atom stereocenters. The smallest absolute Gasteiger partial charge is 0.196 e. The molecule has 90 valence electrons. The van der Waals surface area contributed by atoms with Crippen LogP contribution in [0.3, 0.4) is 0 Å². The fraction of sp³-hybridized carbons (Fsp3) is 0.636. The number of hydrogen-bond donors (Lipinski definition) is 0. The van der Waals surface area contributed by atoms with Gasteiger partial charge in [-0.3, -0.25) is 4.79 Å². The van der Waals surface area contributed by atoms with E-state index in [1.165, 1.54) is 11.3 Å². The van der Waals surface area contributed by atoms with Crippen molar-refractivity contribution in [3.8, 4) is 0 Å². The third-order valence-corrected chi connectivity index (χ3v) is 3.73. The van der Waals surface area contributed by atoms with Crippen molar-refractivity contribution < 1.29 is 4.79 Å². The quantitative estimate of drug-likeness (QED) is 0.582. The van der Waals surface area contributed by atoms with Crippen molar-refractivity contribution in [2.24, 2.45) is 0 Å². The van der Waals surface area contributed by atoms with Gasteiger partial charge in [-0.1, -0.05) is 6.92 Å². The minimum atomic E-state index is -0.107. The number of carbonyl (C=O) groups excluding carboxylic acids is 1. The van der Waals surface area contributed by atoms with Crippen molar-refractivity contribution in [2.45, 2.75) is 33.2 Å². The van der Waals surface area contributed by atoms with Crippen LogP contribution in [0.4, 0.5) is 5.13 Å². The molecule has 0 fully saturated rings. The van der Waals surface area contributed by atoms with E-state index in [0.29, 0.717) is 11.7 Å². The highest BCUT2D eigenvalue weighted by Gasteiger charge is 2.16. The summed E-state index contributed by atoms with van der Waals surface area (Å²) in [6.45, 7) is 7.30. The standard InChI is InChI=1S/C11H17ClN2OS/c1-4-8(3)14(5-2)11-13-9(7-16-11)10(15)6-12/h7-8H,4-6H2,1-3H3. The van der Waals surface area contributed by atoms with Crippen molar-refractivity contribution in [1.29, 1.82) is 0 Å². The number of rotatable bonds is 6. The highest BCUT2D eigenvalue weighted by Crippen LogP contribution is 2.23. The Labute approximate surface area is 105 Å². The number of halogens is 1. The zero-order valence-electron chi connectivity index (χ0n) is 9.86. The molecule has 0 saturated heterocycles. The summed E-state index contributed by atoms with van der Waals surface area (Å²) in [6, 6.07) is 0.440. The van der Waals surface area contributed by atoms with Gasteiger partial charge in [0, 0.05) is 18.0 Å². The van der Waals surface area contributed by atoms with Crippen LogP contribution in [0, 0.1) is 0 Å². The molecular weight excluding hydrogens is 244 g/mol. The van der Waals surface area contributed by atoms with Gasteiger partial charge in [0.05, 0.1) is 5.88 Å². The predicted molar refractivity (Wildman–Crippen MR) is 69.9 cm³/mol. The first-order valence-electron chi connectivity index (χ1n) is 5.45. The lowest BCUT2D eigenvalue weighted by Crippen LogP contribution is -2.32. The van der Waals surface area contributed by atoms with Crippen molar-refractivity contribution in [2.75, 3.05) is 17.3 Å². The second-order valence-corrected chi connectivity index (χ2v) is 4.72. The van der Waals surface area contributed by atoms with Gasteiger partial charge in [-0.25, -0.2) is 4.98 Å². The van der Waals surface area contributed by atoms with Crippen LogP contribution >= 0.6 is 22.9 Å². The molecule has 16 heavy (non-hydrogen) atoms. The van der Waals surface area contributed by atoms with Crippen LogP contribution in [-0.4, -0.2) is 29.2 Å². The molecule has 0 N–H and O–H groups in total. The Kier molecular flexibility index (Phi) is 5.22. The minimum absolute atomic E-state index is 0.00136. The second-order valence-electron chi connectivity index (χ2n) is 3.62. The molecule has 0 bridgehead atoms. The van der Waals surface area contributed by atoms with Gasteiger partial charge in [-0.2, -0.15) is 0 Å². The molecule has 0 radical (unpaired) electrons. The number of nitrogens with zero attached hydrogens (tertiary/aromatic N) is 2. The highest BCUT2D eigenvalue weighted by atomic mass is 35.5. The monoisotopic (exact) mass is 260 g/mol. The maximum atomic E-state index is 11.4. The first kappa shape index (κ1) is 13.5. The van der Waals surface area contributed by atoms with Crippen LogP contribution < -0.4 is 4.90 Å². The zero-order valence-corrected chi connectivity index (χ0v) is 11.4. The average molecular weight is 261 g/mol. The van der Waals surface area contributed by atoms with E-state index in [4.69, 9.17) is 11.6 Å². The summed E-state index contributed by atoms with van der Waals surface area (Å²) in [6.07, 6.45) is 1.06. The largest absolute Gasteiger partial charge is 0.346 e. The molecule has 1 rings (SSSR count). The summed E-state index contributed by atoms with van der Waals surface area (Å²) in [5.41, 5.74) is 0.483. The van der Waals surface area contributed by atoms with E-state index in [0.717, 1.165) is 18.1 Å². The first-order chi connectivity index (χ1) is 7.63. The lowest BCUT2D eigenvalue weighted by atomic mass is 10.2. The van der Waals surface area contributed by atoms with E-state index in [-0.39, 0.29) is 11.7 Å². The summed E-state index contributed by atoms with van der Waals surface area (Å²) in [4.78, 5) is 17.9. The summed E-state index contributed by atoms with van der Waals surface area (Å²) >= 11 is 7.01. The molecule has 5 heteroatoms. The molecule has 1 atom stereocenters. The number of Topliss-reactive ketones (excluding diaryl/α,β-unsaturated/α-hetero) is 1. The summed E-state index contributed by atoms with van der Waals surface area (Å²) in [7, 11) is 0. The van der Waals surface area contributed by atoms with Gasteiger partial charge in [0.2, 0.25) is 0 Å². The predicted octanol–water partition coefficient (Wildman–Crippen LogP) is 3.19. The van der Waals surface area contributed by atoms with Gasteiger partial charge in [0.1, 0.15) is 5.69 Å². The number of carbonyl (C=O) groups is 1. The maximum Gasteiger partial charge on any atom is 0.196 e. The van der Waals surface area contributed by atoms with Crippen LogP contribution in [0.25, 0.3) is 0 Å². The molecule has 3 nitrogen and oxygen atoms in total. The molecule has 0 aliphatic carbocycles. The number of hydrogen-bond acceptors (Lipinski definition) is 4. The van der Waals surface area contributed by atoms with E-state index in [9.17, 15) is 4.79 Å². The molecule has 1 heterocycles. The summed E-state index contributed by atoms with van der Waals surface area (Å²) in [5.74, 6) is -0.108. The van der Waals surface area contributed by atoms with Crippen molar-refractivity contribution in [3.05, 3.63) is 11.1 Å². The molecule has 1 aromatic rings. The molecule has 0 aliphatic heterocycles. The molecule has 0 aromatic carbocycles. The van der Waals surface area contributed by atoms with Crippen LogP contribution in [-0.2, 0) is 0 Å². The number of alkyl halides is 1. The average Bonchev–Trinajstić information content (AvgIpc) is 2.78. The molecule has 0 spiro atoms. The van der Waals surface area contributed by atoms with E-state index < -0.39 is 0 Å². The van der Waals surface area contributed by atoms with Gasteiger partial charge >= 0.3 is 0 Å².